The van der Waals surface area contributed by atoms with Gasteiger partial charge in [-0.3, -0.25) is 9.59 Å². The highest BCUT2D eigenvalue weighted by Crippen LogP contribution is 2.14. The van der Waals surface area contributed by atoms with Crippen LogP contribution in [-0.2, 0) is 21.4 Å². The molecular formula is C13H21N5O5S. The Balaban J connectivity index is 1.96. The predicted molar refractivity (Wildman–Crippen MR) is 85.3 cm³/mol. The summed E-state index contributed by atoms with van der Waals surface area (Å²) in [5.41, 5.74) is -0.139. The van der Waals surface area contributed by atoms with E-state index in [1.807, 2.05) is 0 Å². The lowest BCUT2D eigenvalue weighted by molar-refractivity contribution is -0.134. The van der Waals surface area contributed by atoms with E-state index in [4.69, 9.17) is 0 Å². The summed E-state index contributed by atoms with van der Waals surface area (Å²) in [6.45, 7) is 0.284. The second-order valence-electron chi connectivity index (χ2n) is 5.79. The lowest BCUT2D eigenvalue weighted by Crippen LogP contribution is -2.57. The van der Waals surface area contributed by atoms with Crippen molar-refractivity contribution in [3.8, 4) is 0 Å². The van der Waals surface area contributed by atoms with Crippen molar-refractivity contribution in [3.05, 3.63) is 28.4 Å². The molecule has 0 radical (unpaired) electrons. The number of hydrogen-bond donors (Lipinski definition) is 3. The molecule has 0 aromatic carbocycles. The highest BCUT2D eigenvalue weighted by atomic mass is 32.2. The van der Waals surface area contributed by atoms with E-state index in [2.05, 4.69) is 14.7 Å². The van der Waals surface area contributed by atoms with Gasteiger partial charge in [-0.2, -0.15) is 17.4 Å². The Kier molecular flexibility index (Phi) is 5.70. The van der Waals surface area contributed by atoms with Crippen LogP contribution in [0.2, 0.25) is 0 Å². The normalized spacial score (nSPS) is 21.9. The van der Waals surface area contributed by atoms with E-state index in [1.165, 1.54) is 31.5 Å². The van der Waals surface area contributed by atoms with Crippen molar-refractivity contribution in [3.63, 3.8) is 0 Å². The van der Waals surface area contributed by atoms with Crippen LogP contribution in [-0.4, -0.2) is 77.9 Å². The van der Waals surface area contributed by atoms with Gasteiger partial charge in [0.15, 0.2) is 0 Å². The Labute approximate surface area is 139 Å². The lowest BCUT2D eigenvalue weighted by Gasteiger charge is -2.36. The number of likely N-dealkylation sites (tertiary alicyclic amines) is 1. The molecule has 1 fully saturated rings. The van der Waals surface area contributed by atoms with E-state index in [0.717, 1.165) is 4.31 Å². The fourth-order valence-electron chi connectivity index (χ4n) is 2.37. The minimum absolute atomic E-state index is 0.00237. The van der Waals surface area contributed by atoms with Crippen molar-refractivity contribution in [2.75, 3.05) is 27.2 Å². The van der Waals surface area contributed by atoms with Gasteiger partial charge in [0, 0.05) is 38.9 Å². The first-order chi connectivity index (χ1) is 11.2. The maximum Gasteiger partial charge on any atom is 0.279 e. The molecule has 24 heavy (non-hydrogen) atoms. The molecular weight excluding hydrogens is 338 g/mol. The predicted octanol–water partition coefficient (Wildman–Crippen LogP) is -2.33. The molecule has 11 heteroatoms. The molecule has 3 N–H and O–H groups in total. The molecule has 10 nitrogen and oxygen atoms in total. The van der Waals surface area contributed by atoms with Crippen LogP contribution in [0.4, 0.5) is 0 Å². The van der Waals surface area contributed by atoms with Gasteiger partial charge in [-0.25, -0.2) is 4.98 Å². The van der Waals surface area contributed by atoms with Crippen molar-refractivity contribution >= 4 is 16.1 Å². The zero-order valence-corrected chi connectivity index (χ0v) is 14.3. The Morgan fingerprint density at radius 2 is 2.25 bits per heavy atom. The van der Waals surface area contributed by atoms with E-state index in [9.17, 15) is 23.1 Å². The van der Waals surface area contributed by atoms with E-state index >= 15 is 0 Å². The van der Waals surface area contributed by atoms with Crippen LogP contribution in [0.25, 0.3) is 0 Å². The Hall–Kier alpha value is -1.82. The molecule has 0 aliphatic carbocycles. The van der Waals surface area contributed by atoms with E-state index in [1.54, 1.807) is 0 Å². The van der Waals surface area contributed by atoms with E-state index in [-0.39, 0.29) is 43.0 Å². The minimum atomic E-state index is -3.66. The van der Waals surface area contributed by atoms with Crippen LogP contribution in [0.15, 0.2) is 17.3 Å². The number of aliphatic hydroxyl groups is 1. The third-order valence-electron chi connectivity index (χ3n) is 3.85. The number of aliphatic hydroxyl groups excluding tert-OH is 1. The highest BCUT2D eigenvalue weighted by molar-refractivity contribution is 7.87. The Bertz CT molecular complexity index is 747. The summed E-state index contributed by atoms with van der Waals surface area (Å²) in [6, 6.07) is -0.664. The summed E-state index contributed by atoms with van der Waals surface area (Å²) in [5, 5.41) is 10.1. The van der Waals surface area contributed by atoms with Gasteiger partial charge in [0.05, 0.1) is 24.9 Å². The molecule has 1 amide bonds. The average molecular weight is 359 g/mol. The second kappa shape index (κ2) is 7.38. The number of H-pyrrole nitrogens is 1. The zero-order chi connectivity index (χ0) is 17.9. The van der Waals surface area contributed by atoms with Gasteiger partial charge in [-0.05, 0) is 6.42 Å². The molecule has 0 unspecified atom stereocenters. The smallest absolute Gasteiger partial charge is 0.279 e. The van der Waals surface area contributed by atoms with Crippen molar-refractivity contribution in [1.29, 1.82) is 0 Å². The summed E-state index contributed by atoms with van der Waals surface area (Å²) in [7, 11) is -0.881. The number of hydrogen-bond acceptors (Lipinski definition) is 6. The molecule has 1 aromatic rings. The van der Waals surface area contributed by atoms with Crippen molar-refractivity contribution < 1.29 is 18.3 Å². The summed E-state index contributed by atoms with van der Waals surface area (Å²) in [4.78, 5) is 31.4. The summed E-state index contributed by atoms with van der Waals surface area (Å²) in [6.07, 6.45) is 1.70. The third-order valence-corrected chi connectivity index (χ3v) is 5.41. The molecule has 1 aromatic heterocycles. The Morgan fingerprint density at radius 3 is 2.83 bits per heavy atom. The minimum Gasteiger partial charge on any atom is -0.390 e. The molecule has 1 aliphatic heterocycles. The number of rotatable bonds is 5. The van der Waals surface area contributed by atoms with Crippen LogP contribution in [0, 0.1) is 0 Å². The van der Waals surface area contributed by atoms with Gasteiger partial charge < -0.3 is 15.0 Å². The molecule has 2 rings (SSSR count). The van der Waals surface area contributed by atoms with Crippen LogP contribution in [0.1, 0.15) is 12.0 Å². The van der Waals surface area contributed by atoms with Crippen LogP contribution >= 0.6 is 0 Å². The number of nitrogens with one attached hydrogen (secondary N) is 2. The number of piperidine rings is 1. The topological polar surface area (TPSA) is 136 Å². The summed E-state index contributed by atoms with van der Waals surface area (Å²) >= 11 is 0. The fourth-order valence-corrected chi connectivity index (χ4v) is 3.24. The van der Waals surface area contributed by atoms with Gasteiger partial charge in [0.25, 0.3) is 15.8 Å². The Morgan fingerprint density at radius 1 is 1.54 bits per heavy atom. The number of carbonyl (C=O) groups excluding carboxylic acids is 1. The molecule has 0 spiro atoms. The second-order valence-corrected chi connectivity index (χ2v) is 7.71. The number of β-amino-alcohol motifs (C(OH)–C–C–N with tert-alkyl or cyclic N) is 1. The van der Waals surface area contributed by atoms with Gasteiger partial charge in [0.1, 0.15) is 0 Å². The molecule has 2 heterocycles. The standard InChI is InChI=1S/C13H21N5O5S/c1-17(2)24(22,23)16-10-3-4-18(7-11(10)19)12(20)5-9-6-14-8-15-13(9)21/h6,8,10-11,16,19H,3-5,7H2,1-2H3,(H,14,15,21)/t10-,11-/m1/s1. The van der Waals surface area contributed by atoms with E-state index < -0.39 is 22.4 Å². The first kappa shape index (κ1) is 18.5. The van der Waals surface area contributed by atoms with Gasteiger partial charge in [-0.1, -0.05) is 0 Å². The zero-order valence-electron chi connectivity index (χ0n) is 13.5. The molecule has 1 saturated heterocycles. The summed E-state index contributed by atoms with van der Waals surface area (Å²) in [5.74, 6) is -0.318. The van der Waals surface area contributed by atoms with Crippen LogP contribution in [0.5, 0.6) is 0 Å². The maximum absolute atomic E-state index is 12.3. The number of nitrogens with zero attached hydrogens (tertiary/aromatic N) is 3. The first-order valence-corrected chi connectivity index (χ1v) is 8.82. The fraction of sp³-hybridized carbons (Fsp3) is 0.615. The first-order valence-electron chi connectivity index (χ1n) is 7.38. The molecule has 0 saturated carbocycles. The van der Waals surface area contributed by atoms with Gasteiger partial charge >= 0.3 is 0 Å². The number of aromatic nitrogens is 2. The molecule has 1 aliphatic rings. The van der Waals surface area contributed by atoms with Crippen molar-refractivity contribution in [2.24, 2.45) is 0 Å². The number of aromatic amines is 1. The average Bonchev–Trinajstić information content (AvgIpc) is 2.51. The van der Waals surface area contributed by atoms with Gasteiger partial charge in [0.2, 0.25) is 5.91 Å². The molecule has 2 atom stereocenters. The largest absolute Gasteiger partial charge is 0.390 e. The molecule has 134 valence electrons. The SMILES string of the molecule is CN(C)S(=O)(=O)N[C@@H]1CCN(C(=O)Cc2cnc[nH]c2=O)C[C@H]1O. The van der Waals surface area contributed by atoms with Gasteiger partial charge in [-0.15, -0.1) is 0 Å². The van der Waals surface area contributed by atoms with Crippen molar-refractivity contribution in [1.82, 2.24) is 23.9 Å². The third kappa shape index (κ3) is 4.38. The lowest BCUT2D eigenvalue weighted by atomic mass is 10.0. The molecule has 0 bridgehead atoms. The monoisotopic (exact) mass is 359 g/mol. The van der Waals surface area contributed by atoms with Crippen LogP contribution < -0.4 is 10.3 Å². The van der Waals surface area contributed by atoms with Crippen LogP contribution in [0.3, 0.4) is 0 Å². The van der Waals surface area contributed by atoms with E-state index in [0.29, 0.717) is 0 Å². The number of carbonyl (C=O) groups is 1. The van der Waals surface area contributed by atoms with Crippen molar-refractivity contribution in [2.45, 2.75) is 25.0 Å². The maximum atomic E-state index is 12.3. The summed E-state index contributed by atoms with van der Waals surface area (Å²) < 4.78 is 27.1. The number of amides is 1. The quantitative estimate of drug-likeness (QED) is 0.539. The highest BCUT2D eigenvalue weighted by Gasteiger charge is 2.33.